The summed E-state index contributed by atoms with van der Waals surface area (Å²) in [7, 11) is 0. The SMILES string of the molecule is O=C(c1ccncc1F)C1C2CCCCC21. The number of carbonyl (C=O) groups is 1. The maximum absolute atomic E-state index is 13.4. The monoisotopic (exact) mass is 219 g/mol. The number of nitrogens with zero attached hydrogens (tertiary/aromatic N) is 1. The third-order valence-corrected chi connectivity index (χ3v) is 4.00. The highest BCUT2D eigenvalue weighted by atomic mass is 19.1. The first-order chi connectivity index (χ1) is 7.79. The molecule has 84 valence electrons. The highest BCUT2D eigenvalue weighted by Gasteiger charge is 2.54. The Hall–Kier alpha value is -1.25. The van der Waals surface area contributed by atoms with Crippen molar-refractivity contribution in [2.75, 3.05) is 0 Å². The summed E-state index contributed by atoms with van der Waals surface area (Å²) in [5.41, 5.74) is 0.231. The Labute approximate surface area is 93.9 Å². The quantitative estimate of drug-likeness (QED) is 0.716. The number of halogens is 1. The summed E-state index contributed by atoms with van der Waals surface area (Å²) in [5, 5.41) is 0. The molecule has 2 nitrogen and oxygen atoms in total. The van der Waals surface area contributed by atoms with Crippen LogP contribution in [0.25, 0.3) is 0 Å². The molecule has 0 amide bonds. The summed E-state index contributed by atoms with van der Waals surface area (Å²) in [4.78, 5) is 15.8. The van der Waals surface area contributed by atoms with E-state index in [2.05, 4.69) is 4.98 Å². The summed E-state index contributed by atoms with van der Waals surface area (Å²) in [6.45, 7) is 0. The molecule has 2 saturated carbocycles. The molecular weight excluding hydrogens is 205 g/mol. The maximum atomic E-state index is 13.4. The van der Waals surface area contributed by atoms with Gasteiger partial charge in [0.15, 0.2) is 11.6 Å². The lowest BCUT2D eigenvalue weighted by molar-refractivity contribution is 0.0952. The van der Waals surface area contributed by atoms with Crippen LogP contribution < -0.4 is 0 Å². The second-order valence-corrected chi connectivity index (χ2v) is 4.86. The predicted octanol–water partition coefficient (Wildman–Crippen LogP) is 2.84. The number of aromatic nitrogens is 1. The van der Waals surface area contributed by atoms with E-state index >= 15 is 0 Å². The van der Waals surface area contributed by atoms with Gasteiger partial charge in [-0.15, -0.1) is 0 Å². The lowest BCUT2D eigenvalue weighted by Crippen LogP contribution is -2.07. The molecule has 0 aliphatic heterocycles. The number of pyridine rings is 1. The molecule has 0 N–H and O–H groups in total. The van der Waals surface area contributed by atoms with E-state index in [0.29, 0.717) is 11.8 Å². The van der Waals surface area contributed by atoms with E-state index in [4.69, 9.17) is 0 Å². The molecule has 2 atom stereocenters. The predicted molar refractivity (Wildman–Crippen MR) is 57.5 cm³/mol. The Morgan fingerprint density at radius 2 is 2.00 bits per heavy atom. The van der Waals surface area contributed by atoms with Gasteiger partial charge in [-0.1, -0.05) is 12.8 Å². The van der Waals surface area contributed by atoms with Crippen LogP contribution in [0.15, 0.2) is 18.5 Å². The molecule has 2 unspecified atom stereocenters. The van der Waals surface area contributed by atoms with E-state index in [1.807, 2.05) is 0 Å². The fraction of sp³-hybridized carbons (Fsp3) is 0.538. The Kier molecular flexibility index (Phi) is 2.27. The number of carbonyl (C=O) groups excluding carboxylic acids is 1. The topological polar surface area (TPSA) is 30.0 Å². The van der Waals surface area contributed by atoms with Crippen molar-refractivity contribution in [3.05, 3.63) is 29.8 Å². The van der Waals surface area contributed by atoms with Crippen molar-refractivity contribution in [1.82, 2.24) is 4.98 Å². The van der Waals surface area contributed by atoms with Gasteiger partial charge in [0.1, 0.15) is 0 Å². The zero-order chi connectivity index (χ0) is 11.1. The van der Waals surface area contributed by atoms with Gasteiger partial charge in [-0.2, -0.15) is 0 Å². The van der Waals surface area contributed by atoms with Crippen molar-refractivity contribution in [3.8, 4) is 0 Å². The molecule has 1 aromatic rings. The molecule has 0 aromatic carbocycles. The first-order valence-corrected chi connectivity index (χ1v) is 5.93. The largest absolute Gasteiger partial charge is 0.294 e. The van der Waals surface area contributed by atoms with Crippen LogP contribution in [0.2, 0.25) is 0 Å². The molecule has 0 spiro atoms. The molecular formula is C13H14FNO. The van der Waals surface area contributed by atoms with E-state index < -0.39 is 5.82 Å². The van der Waals surface area contributed by atoms with E-state index in [1.165, 1.54) is 25.1 Å². The fourth-order valence-corrected chi connectivity index (χ4v) is 3.14. The standard InChI is InChI=1S/C13H14FNO/c14-11-7-15-6-5-10(11)13(16)12-8-3-1-2-4-9(8)12/h5-9,12H,1-4H2. The lowest BCUT2D eigenvalue weighted by atomic mass is 10.0. The highest BCUT2D eigenvalue weighted by molar-refractivity contribution is 6.00. The smallest absolute Gasteiger partial charge is 0.169 e. The van der Waals surface area contributed by atoms with E-state index in [1.54, 1.807) is 0 Å². The summed E-state index contributed by atoms with van der Waals surface area (Å²) >= 11 is 0. The van der Waals surface area contributed by atoms with Crippen LogP contribution in [0.4, 0.5) is 4.39 Å². The lowest BCUT2D eigenvalue weighted by Gasteiger charge is -2.04. The van der Waals surface area contributed by atoms with Crippen LogP contribution >= 0.6 is 0 Å². The number of rotatable bonds is 2. The van der Waals surface area contributed by atoms with Gasteiger partial charge in [-0.3, -0.25) is 9.78 Å². The molecule has 0 radical (unpaired) electrons. The summed E-state index contributed by atoms with van der Waals surface area (Å²) in [6, 6.07) is 1.50. The number of hydrogen-bond acceptors (Lipinski definition) is 2. The Bertz CT molecular complexity index is 420. The average Bonchev–Trinajstić information content (AvgIpc) is 3.03. The molecule has 0 bridgehead atoms. The highest BCUT2D eigenvalue weighted by Crippen LogP contribution is 2.56. The van der Waals surface area contributed by atoms with Gasteiger partial charge in [0, 0.05) is 12.1 Å². The molecule has 1 aromatic heterocycles. The van der Waals surface area contributed by atoms with Crippen LogP contribution in [-0.4, -0.2) is 10.8 Å². The van der Waals surface area contributed by atoms with E-state index in [9.17, 15) is 9.18 Å². The Morgan fingerprint density at radius 3 is 2.62 bits per heavy atom. The van der Waals surface area contributed by atoms with Crippen molar-refractivity contribution >= 4 is 5.78 Å². The maximum Gasteiger partial charge on any atom is 0.169 e. The third-order valence-electron chi connectivity index (χ3n) is 4.00. The van der Waals surface area contributed by atoms with Gasteiger partial charge in [-0.05, 0) is 30.7 Å². The normalized spacial score (nSPS) is 31.9. The summed E-state index contributed by atoms with van der Waals surface area (Å²) in [6.07, 6.45) is 7.36. The van der Waals surface area contributed by atoms with Gasteiger partial charge in [-0.25, -0.2) is 4.39 Å². The molecule has 3 rings (SSSR count). The van der Waals surface area contributed by atoms with Crippen molar-refractivity contribution in [1.29, 1.82) is 0 Å². The minimum absolute atomic E-state index is 0.00296. The van der Waals surface area contributed by atoms with Crippen molar-refractivity contribution in [3.63, 3.8) is 0 Å². The minimum Gasteiger partial charge on any atom is -0.294 e. The molecule has 3 heteroatoms. The van der Waals surface area contributed by atoms with Crippen LogP contribution in [0.5, 0.6) is 0 Å². The molecule has 16 heavy (non-hydrogen) atoms. The zero-order valence-electron chi connectivity index (χ0n) is 9.03. The number of fused-ring (bicyclic) bond motifs is 1. The second-order valence-electron chi connectivity index (χ2n) is 4.86. The third kappa shape index (κ3) is 1.46. The fourth-order valence-electron chi connectivity index (χ4n) is 3.14. The molecule has 0 saturated heterocycles. The number of hydrogen-bond donors (Lipinski definition) is 0. The average molecular weight is 219 g/mol. The van der Waals surface area contributed by atoms with E-state index in [-0.39, 0.29) is 17.3 Å². The summed E-state index contributed by atoms with van der Waals surface area (Å²) < 4.78 is 13.4. The molecule has 1 heterocycles. The minimum atomic E-state index is -0.476. The van der Waals surface area contributed by atoms with Gasteiger partial charge in [0.05, 0.1) is 11.8 Å². The van der Waals surface area contributed by atoms with Crippen LogP contribution in [0.1, 0.15) is 36.0 Å². The second kappa shape index (κ2) is 3.65. The first kappa shape index (κ1) is 9.94. The molecule has 2 aliphatic carbocycles. The van der Waals surface area contributed by atoms with Gasteiger partial charge < -0.3 is 0 Å². The van der Waals surface area contributed by atoms with Crippen LogP contribution in [-0.2, 0) is 0 Å². The zero-order valence-corrected chi connectivity index (χ0v) is 9.03. The first-order valence-electron chi connectivity index (χ1n) is 5.93. The summed E-state index contributed by atoms with van der Waals surface area (Å²) in [5.74, 6) is 0.690. The van der Waals surface area contributed by atoms with Crippen molar-refractivity contribution in [2.24, 2.45) is 17.8 Å². The van der Waals surface area contributed by atoms with Crippen LogP contribution in [0, 0.1) is 23.6 Å². The Balaban J connectivity index is 1.82. The van der Waals surface area contributed by atoms with Crippen LogP contribution in [0.3, 0.4) is 0 Å². The van der Waals surface area contributed by atoms with Gasteiger partial charge >= 0.3 is 0 Å². The van der Waals surface area contributed by atoms with E-state index in [0.717, 1.165) is 19.0 Å². The number of ketones is 1. The van der Waals surface area contributed by atoms with Crippen molar-refractivity contribution in [2.45, 2.75) is 25.7 Å². The number of Topliss-reactive ketones (excluding diaryl/α,β-unsaturated/α-hetero) is 1. The Morgan fingerprint density at radius 1 is 1.31 bits per heavy atom. The molecule has 2 fully saturated rings. The van der Waals surface area contributed by atoms with Gasteiger partial charge in [0.25, 0.3) is 0 Å². The molecule has 2 aliphatic rings. The van der Waals surface area contributed by atoms with Gasteiger partial charge in [0.2, 0.25) is 0 Å². The van der Waals surface area contributed by atoms with Crippen molar-refractivity contribution < 1.29 is 9.18 Å².